The molecule has 0 saturated heterocycles. The van der Waals surface area contributed by atoms with Crippen molar-refractivity contribution in [2.24, 2.45) is 5.92 Å². The van der Waals surface area contributed by atoms with Gasteiger partial charge >= 0.3 is 0 Å². The first-order valence-corrected chi connectivity index (χ1v) is 6.41. The summed E-state index contributed by atoms with van der Waals surface area (Å²) in [5.41, 5.74) is 0.212. The Labute approximate surface area is 107 Å². The van der Waals surface area contributed by atoms with Gasteiger partial charge in [0.25, 0.3) is 5.91 Å². The van der Waals surface area contributed by atoms with E-state index in [0.29, 0.717) is 17.4 Å². The van der Waals surface area contributed by atoms with Crippen LogP contribution in [-0.2, 0) is 0 Å². The Morgan fingerprint density at radius 2 is 2.11 bits per heavy atom. The number of carbonyl (C=O) groups excluding carboxylic acids is 1. The molecule has 2 rings (SSSR count). The third-order valence-electron chi connectivity index (χ3n) is 3.28. The highest BCUT2D eigenvalue weighted by Crippen LogP contribution is 2.39. The fourth-order valence-corrected chi connectivity index (χ4v) is 1.98. The van der Waals surface area contributed by atoms with Crippen molar-refractivity contribution in [2.75, 3.05) is 11.9 Å². The van der Waals surface area contributed by atoms with Crippen molar-refractivity contribution in [3.8, 4) is 0 Å². The highest BCUT2D eigenvalue weighted by atomic mass is 16.2. The standard InChI is InChI=1S/C13H20N4O/c1-4-14-11-8-15-10(7-16-11)12(18)17-13(2,3)9-5-6-9/h7-9H,4-6H2,1-3H3,(H,14,16)(H,17,18). The van der Waals surface area contributed by atoms with E-state index in [4.69, 9.17) is 0 Å². The van der Waals surface area contributed by atoms with Crippen molar-refractivity contribution in [1.82, 2.24) is 15.3 Å². The SMILES string of the molecule is CCNc1cnc(C(=O)NC(C)(C)C2CC2)cn1. The monoisotopic (exact) mass is 248 g/mol. The number of amides is 1. The molecule has 1 heterocycles. The summed E-state index contributed by atoms with van der Waals surface area (Å²) in [4.78, 5) is 20.3. The van der Waals surface area contributed by atoms with Crippen LogP contribution in [-0.4, -0.2) is 28.0 Å². The number of anilines is 1. The van der Waals surface area contributed by atoms with Crippen molar-refractivity contribution < 1.29 is 4.79 Å². The first-order chi connectivity index (χ1) is 8.53. The normalized spacial score (nSPS) is 15.3. The minimum Gasteiger partial charge on any atom is -0.369 e. The maximum Gasteiger partial charge on any atom is 0.271 e. The Morgan fingerprint density at radius 1 is 1.39 bits per heavy atom. The van der Waals surface area contributed by atoms with Gasteiger partial charge in [0.1, 0.15) is 11.5 Å². The van der Waals surface area contributed by atoms with Gasteiger partial charge in [-0.15, -0.1) is 0 Å². The quantitative estimate of drug-likeness (QED) is 0.834. The number of nitrogens with one attached hydrogen (secondary N) is 2. The Kier molecular flexibility index (Phi) is 3.50. The van der Waals surface area contributed by atoms with Crippen LogP contribution in [0, 0.1) is 5.92 Å². The number of hydrogen-bond acceptors (Lipinski definition) is 4. The van der Waals surface area contributed by atoms with Gasteiger partial charge < -0.3 is 10.6 Å². The number of aromatic nitrogens is 2. The predicted octanol–water partition coefficient (Wildman–Crippen LogP) is 1.83. The Morgan fingerprint density at radius 3 is 2.61 bits per heavy atom. The van der Waals surface area contributed by atoms with Gasteiger partial charge in [0.15, 0.2) is 0 Å². The first-order valence-electron chi connectivity index (χ1n) is 6.41. The summed E-state index contributed by atoms with van der Waals surface area (Å²) < 4.78 is 0. The van der Waals surface area contributed by atoms with Crippen LogP contribution < -0.4 is 10.6 Å². The molecule has 0 bridgehead atoms. The zero-order valence-electron chi connectivity index (χ0n) is 11.2. The van der Waals surface area contributed by atoms with Gasteiger partial charge in [-0.3, -0.25) is 4.79 Å². The number of rotatable bonds is 5. The van der Waals surface area contributed by atoms with Crippen LogP contribution in [0.5, 0.6) is 0 Å². The molecule has 1 amide bonds. The van der Waals surface area contributed by atoms with Crippen LogP contribution in [0.25, 0.3) is 0 Å². The maximum atomic E-state index is 12.0. The fraction of sp³-hybridized carbons (Fsp3) is 0.615. The molecule has 1 fully saturated rings. The van der Waals surface area contributed by atoms with Gasteiger partial charge in [-0.25, -0.2) is 9.97 Å². The highest BCUT2D eigenvalue weighted by Gasteiger charge is 2.39. The molecule has 0 aliphatic heterocycles. The summed E-state index contributed by atoms with van der Waals surface area (Å²) in [6.45, 7) is 6.89. The smallest absolute Gasteiger partial charge is 0.271 e. The zero-order chi connectivity index (χ0) is 13.2. The lowest BCUT2D eigenvalue weighted by molar-refractivity contribution is 0.0898. The molecule has 5 heteroatoms. The molecule has 98 valence electrons. The molecule has 1 saturated carbocycles. The van der Waals surface area contributed by atoms with Gasteiger partial charge in [-0.2, -0.15) is 0 Å². The molecular formula is C13H20N4O. The second kappa shape index (κ2) is 4.92. The van der Waals surface area contributed by atoms with Gasteiger partial charge in [0.2, 0.25) is 0 Å². The molecule has 5 nitrogen and oxygen atoms in total. The molecule has 0 unspecified atom stereocenters. The second-order valence-electron chi connectivity index (χ2n) is 5.27. The zero-order valence-corrected chi connectivity index (χ0v) is 11.2. The lowest BCUT2D eigenvalue weighted by atomic mass is 9.98. The summed E-state index contributed by atoms with van der Waals surface area (Å²) in [7, 11) is 0. The van der Waals surface area contributed by atoms with Crippen LogP contribution in [0.1, 0.15) is 44.1 Å². The molecule has 1 aliphatic rings. The van der Waals surface area contributed by atoms with Crippen molar-refractivity contribution in [2.45, 2.75) is 39.2 Å². The van der Waals surface area contributed by atoms with Crippen LogP contribution >= 0.6 is 0 Å². The van der Waals surface area contributed by atoms with E-state index in [0.717, 1.165) is 6.54 Å². The van der Waals surface area contributed by atoms with Crippen molar-refractivity contribution in [3.05, 3.63) is 18.1 Å². The molecule has 0 aromatic carbocycles. The van der Waals surface area contributed by atoms with Crippen molar-refractivity contribution in [1.29, 1.82) is 0 Å². The van der Waals surface area contributed by atoms with Gasteiger partial charge in [-0.1, -0.05) is 0 Å². The second-order valence-corrected chi connectivity index (χ2v) is 5.27. The molecular weight excluding hydrogens is 228 g/mol. The predicted molar refractivity (Wildman–Crippen MR) is 70.5 cm³/mol. The van der Waals surface area contributed by atoms with E-state index in [2.05, 4.69) is 34.4 Å². The third-order valence-corrected chi connectivity index (χ3v) is 3.28. The molecule has 18 heavy (non-hydrogen) atoms. The van der Waals surface area contributed by atoms with E-state index in [9.17, 15) is 4.79 Å². The molecule has 1 aliphatic carbocycles. The maximum absolute atomic E-state index is 12.0. The number of hydrogen-bond donors (Lipinski definition) is 2. The van der Waals surface area contributed by atoms with Crippen LogP contribution in [0.2, 0.25) is 0 Å². The minimum atomic E-state index is -0.154. The lowest BCUT2D eigenvalue weighted by Crippen LogP contribution is -2.45. The molecule has 1 aromatic rings. The molecule has 0 radical (unpaired) electrons. The van der Waals surface area contributed by atoms with E-state index in [1.807, 2.05) is 6.92 Å². The first kappa shape index (κ1) is 12.8. The van der Waals surface area contributed by atoms with E-state index in [1.165, 1.54) is 19.0 Å². The van der Waals surface area contributed by atoms with Crippen LogP contribution in [0.15, 0.2) is 12.4 Å². The molecule has 0 spiro atoms. The summed E-state index contributed by atoms with van der Waals surface area (Å²) in [6, 6.07) is 0. The Bertz CT molecular complexity index is 423. The van der Waals surface area contributed by atoms with E-state index >= 15 is 0 Å². The molecule has 0 atom stereocenters. The van der Waals surface area contributed by atoms with E-state index in [1.54, 1.807) is 6.20 Å². The topological polar surface area (TPSA) is 66.9 Å². The average Bonchev–Trinajstić information content (AvgIpc) is 3.13. The Balaban J connectivity index is 2.00. The summed E-state index contributed by atoms with van der Waals surface area (Å²) >= 11 is 0. The average molecular weight is 248 g/mol. The summed E-state index contributed by atoms with van der Waals surface area (Å²) in [6.07, 6.45) is 5.48. The number of carbonyl (C=O) groups is 1. The fourth-order valence-electron chi connectivity index (χ4n) is 1.98. The number of nitrogens with zero attached hydrogens (tertiary/aromatic N) is 2. The van der Waals surface area contributed by atoms with E-state index < -0.39 is 0 Å². The summed E-state index contributed by atoms with van der Waals surface area (Å²) in [5, 5.41) is 6.07. The Hall–Kier alpha value is -1.65. The van der Waals surface area contributed by atoms with E-state index in [-0.39, 0.29) is 11.4 Å². The largest absolute Gasteiger partial charge is 0.369 e. The minimum absolute atomic E-state index is 0.151. The lowest BCUT2D eigenvalue weighted by Gasteiger charge is -2.25. The van der Waals surface area contributed by atoms with Crippen LogP contribution in [0.3, 0.4) is 0 Å². The molecule has 1 aromatic heterocycles. The third kappa shape index (κ3) is 2.97. The van der Waals surface area contributed by atoms with Crippen LogP contribution in [0.4, 0.5) is 5.82 Å². The van der Waals surface area contributed by atoms with Gasteiger partial charge in [-0.05, 0) is 39.5 Å². The van der Waals surface area contributed by atoms with Crippen molar-refractivity contribution >= 4 is 11.7 Å². The molecule has 2 N–H and O–H groups in total. The summed E-state index contributed by atoms with van der Waals surface area (Å²) in [5.74, 6) is 1.13. The van der Waals surface area contributed by atoms with Gasteiger partial charge in [0, 0.05) is 12.1 Å². The van der Waals surface area contributed by atoms with Crippen molar-refractivity contribution in [3.63, 3.8) is 0 Å². The van der Waals surface area contributed by atoms with Gasteiger partial charge in [0.05, 0.1) is 12.4 Å². The highest BCUT2D eigenvalue weighted by molar-refractivity contribution is 5.92.